The molecule has 1 amide bonds. The number of amides is 1. The molecule has 1 fully saturated rings. The minimum Gasteiger partial charge on any atom is -0.393 e. The van der Waals surface area contributed by atoms with Crippen molar-refractivity contribution in [2.24, 2.45) is 0 Å². The molecule has 0 aliphatic carbocycles. The van der Waals surface area contributed by atoms with Crippen LogP contribution in [0.25, 0.3) is 0 Å². The molecule has 1 aliphatic heterocycles. The van der Waals surface area contributed by atoms with Crippen molar-refractivity contribution in [3.63, 3.8) is 0 Å². The van der Waals surface area contributed by atoms with Crippen molar-refractivity contribution in [2.45, 2.75) is 26.0 Å². The molecule has 0 aromatic heterocycles. The average Bonchev–Trinajstić information content (AvgIpc) is 2.54. The molecule has 0 spiro atoms. The second kappa shape index (κ2) is 9.01. The minimum absolute atomic E-state index is 0.192. The smallest absolute Gasteiger partial charge is 0.236 e. The van der Waals surface area contributed by atoms with Gasteiger partial charge in [0.05, 0.1) is 12.6 Å². The van der Waals surface area contributed by atoms with E-state index in [1.54, 1.807) is 6.92 Å². The van der Waals surface area contributed by atoms with Gasteiger partial charge in [0, 0.05) is 39.3 Å². The van der Waals surface area contributed by atoms with Crippen molar-refractivity contribution in [2.75, 3.05) is 46.3 Å². The number of piperazine rings is 1. The fraction of sp³-hybridized carbons (Fsp3) is 0.611. The van der Waals surface area contributed by atoms with Crippen LogP contribution in [0.1, 0.15) is 18.9 Å². The largest absolute Gasteiger partial charge is 0.393 e. The molecule has 0 saturated carbocycles. The summed E-state index contributed by atoms with van der Waals surface area (Å²) in [5.74, 6) is 0.192. The molecule has 1 saturated heterocycles. The predicted molar refractivity (Wildman–Crippen MR) is 92.1 cm³/mol. The van der Waals surface area contributed by atoms with Crippen LogP contribution < -0.4 is 0 Å². The van der Waals surface area contributed by atoms with Crippen LogP contribution in [0, 0.1) is 0 Å². The lowest BCUT2D eigenvalue weighted by molar-refractivity contribution is -0.134. The van der Waals surface area contributed by atoms with Crippen molar-refractivity contribution in [1.82, 2.24) is 14.7 Å². The molecule has 1 heterocycles. The Balaban J connectivity index is 1.70. The van der Waals surface area contributed by atoms with Gasteiger partial charge in [-0.1, -0.05) is 30.3 Å². The lowest BCUT2D eigenvalue weighted by atomic mass is 10.2. The van der Waals surface area contributed by atoms with E-state index in [4.69, 9.17) is 0 Å². The monoisotopic (exact) mass is 319 g/mol. The standard InChI is InChI=1S/C18H29N3O2/c1-16(22)8-9-19(2)15-18(23)21-12-10-20(11-13-21)14-17-6-4-3-5-7-17/h3-7,16,22H,8-15H2,1-2H3. The van der Waals surface area contributed by atoms with Gasteiger partial charge in [-0.2, -0.15) is 0 Å². The molecule has 0 bridgehead atoms. The highest BCUT2D eigenvalue weighted by atomic mass is 16.3. The molecular weight excluding hydrogens is 290 g/mol. The second-order valence-electron chi connectivity index (χ2n) is 6.52. The van der Waals surface area contributed by atoms with E-state index in [1.807, 2.05) is 22.9 Å². The highest BCUT2D eigenvalue weighted by Gasteiger charge is 2.21. The van der Waals surface area contributed by atoms with Crippen LogP contribution in [0.5, 0.6) is 0 Å². The number of aliphatic hydroxyl groups excluding tert-OH is 1. The number of carbonyl (C=O) groups is 1. The topological polar surface area (TPSA) is 47.0 Å². The Morgan fingerprint density at radius 1 is 1.22 bits per heavy atom. The van der Waals surface area contributed by atoms with Gasteiger partial charge in [-0.15, -0.1) is 0 Å². The van der Waals surface area contributed by atoms with Gasteiger partial charge in [0.15, 0.2) is 0 Å². The number of hydrogen-bond donors (Lipinski definition) is 1. The maximum atomic E-state index is 12.3. The third-order valence-electron chi connectivity index (χ3n) is 4.31. The van der Waals surface area contributed by atoms with E-state index in [1.165, 1.54) is 5.56 Å². The lowest BCUT2D eigenvalue weighted by Gasteiger charge is -2.35. The van der Waals surface area contributed by atoms with E-state index >= 15 is 0 Å². The number of aliphatic hydroxyl groups is 1. The average molecular weight is 319 g/mol. The van der Waals surface area contributed by atoms with Crippen LogP contribution in [0.2, 0.25) is 0 Å². The Kier molecular flexibility index (Phi) is 7.02. The van der Waals surface area contributed by atoms with Crippen molar-refractivity contribution in [3.8, 4) is 0 Å². The Morgan fingerprint density at radius 2 is 1.87 bits per heavy atom. The van der Waals surface area contributed by atoms with Crippen LogP contribution >= 0.6 is 0 Å². The Morgan fingerprint density at radius 3 is 2.48 bits per heavy atom. The highest BCUT2D eigenvalue weighted by Crippen LogP contribution is 2.09. The molecule has 2 rings (SSSR count). The predicted octanol–water partition coefficient (Wildman–Crippen LogP) is 1.03. The Bertz CT molecular complexity index is 470. The summed E-state index contributed by atoms with van der Waals surface area (Å²) in [5.41, 5.74) is 1.32. The van der Waals surface area contributed by atoms with Gasteiger partial charge >= 0.3 is 0 Å². The molecule has 1 unspecified atom stereocenters. The maximum Gasteiger partial charge on any atom is 0.236 e. The Hall–Kier alpha value is -1.43. The number of rotatable bonds is 7. The second-order valence-corrected chi connectivity index (χ2v) is 6.52. The first-order valence-electron chi connectivity index (χ1n) is 8.45. The summed E-state index contributed by atoms with van der Waals surface area (Å²) in [6, 6.07) is 10.5. The van der Waals surface area contributed by atoms with Gasteiger partial charge < -0.3 is 10.0 Å². The van der Waals surface area contributed by atoms with Crippen LogP contribution in [-0.4, -0.2) is 78.1 Å². The summed E-state index contributed by atoms with van der Waals surface area (Å²) in [4.78, 5) is 18.7. The summed E-state index contributed by atoms with van der Waals surface area (Å²) >= 11 is 0. The van der Waals surface area contributed by atoms with Gasteiger partial charge in [0.1, 0.15) is 0 Å². The van der Waals surface area contributed by atoms with Crippen molar-refractivity contribution >= 4 is 5.91 Å². The van der Waals surface area contributed by atoms with Crippen LogP contribution in [0.3, 0.4) is 0 Å². The quantitative estimate of drug-likeness (QED) is 0.815. The first kappa shape index (κ1) is 17.9. The molecule has 0 radical (unpaired) electrons. The summed E-state index contributed by atoms with van der Waals surface area (Å²) < 4.78 is 0. The zero-order chi connectivity index (χ0) is 16.7. The number of hydrogen-bond acceptors (Lipinski definition) is 4. The third kappa shape index (κ3) is 6.29. The first-order chi connectivity index (χ1) is 11.0. The molecule has 1 aromatic carbocycles. The van der Waals surface area contributed by atoms with E-state index in [0.29, 0.717) is 13.0 Å². The summed E-state index contributed by atoms with van der Waals surface area (Å²) in [6.45, 7) is 7.38. The van der Waals surface area contributed by atoms with Crippen LogP contribution in [-0.2, 0) is 11.3 Å². The van der Waals surface area contributed by atoms with E-state index in [2.05, 4.69) is 29.2 Å². The summed E-state index contributed by atoms with van der Waals surface area (Å²) in [7, 11) is 1.94. The van der Waals surface area contributed by atoms with E-state index < -0.39 is 0 Å². The maximum absolute atomic E-state index is 12.3. The van der Waals surface area contributed by atoms with Gasteiger partial charge in [-0.3, -0.25) is 14.6 Å². The number of benzene rings is 1. The molecule has 5 heteroatoms. The van der Waals surface area contributed by atoms with Crippen molar-refractivity contribution < 1.29 is 9.90 Å². The molecule has 128 valence electrons. The van der Waals surface area contributed by atoms with Crippen LogP contribution in [0.15, 0.2) is 30.3 Å². The molecule has 5 nitrogen and oxygen atoms in total. The van der Waals surface area contributed by atoms with Crippen LogP contribution in [0.4, 0.5) is 0 Å². The van der Waals surface area contributed by atoms with Crippen molar-refractivity contribution in [3.05, 3.63) is 35.9 Å². The minimum atomic E-state index is -0.311. The molecule has 1 N–H and O–H groups in total. The number of likely N-dealkylation sites (N-methyl/N-ethyl adjacent to an activating group) is 1. The fourth-order valence-corrected chi connectivity index (χ4v) is 2.81. The highest BCUT2D eigenvalue weighted by molar-refractivity contribution is 5.78. The van der Waals surface area contributed by atoms with Crippen molar-refractivity contribution in [1.29, 1.82) is 0 Å². The number of nitrogens with zero attached hydrogens (tertiary/aromatic N) is 3. The zero-order valence-corrected chi connectivity index (χ0v) is 14.3. The third-order valence-corrected chi connectivity index (χ3v) is 4.31. The number of carbonyl (C=O) groups excluding carboxylic acids is 1. The Labute approximate surface area is 139 Å². The van der Waals surface area contributed by atoms with E-state index in [0.717, 1.165) is 39.3 Å². The van der Waals surface area contributed by atoms with E-state index in [-0.39, 0.29) is 12.0 Å². The summed E-state index contributed by atoms with van der Waals surface area (Å²) in [5, 5.41) is 9.31. The van der Waals surface area contributed by atoms with Gasteiger partial charge in [-0.25, -0.2) is 0 Å². The van der Waals surface area contributed by atoms with Gasteiger partial charge in [0.25, 0.3) is 0 Å². The molecule has 1 atom stereocenters. The molecular formula is C18H29N3O2. The van der Waals surface area contributed by atoms with E-state index in [9.17, 15) is 9.90 Å². The zero-order valence-electron chi connectivity index (χ0n) is 14.3. The van der Waals surface area contributed by atoms with Gasteiger partial charge in [-0.05, 0) is 26.0 Å². The van der Waals surface area contributed by atoms with Gasteiger partial charge in [0.2, 0.25) is 5.91 Å². The fourth-order valence-electron chi connectivity index (χ4n) is 2.81. The molecule has 1 aromatic rings. The molecule has 23 heavy (non-hydrogen) atoms. The molecule has 1 aliphatic rings. The SMILES string of the molecule is CC(O)CCN(C)CC(=O)N1CCN(Cc2ccccc2)CC1. The lowest BCUT2D eigenvalue weighted by Crippen LogP contribution is -2.50. The first-order valence-corrected chi connectivity index (χ1v) is 8.45. The normalized spacial score (nSPS) is 17.5. The summed E-state index contributed by atoms with van der Waals surface area (Å²) in [6.07, 6.45) is 0.392.